The largest absolute Gasteiger partial charge is 0.391 e. The van der Waals surface area contributed by atoms with E-state index in [0.29, 0.717) is 19.6 Å². The number of anilines is 3. The summed E-state index contributed by atoms with van der Waals surface area (Å²) < 4.78 is 38.5. The van der Waals surface area contributed by atoms with E-state index in [0.717, 1.165) is 22.6 Å². The number of hydrogen-bond donors (Lipinski definition) is 4. The average molecular weight is 449 g/mol. The van der Waals surface area contributed by atoms with Crippen molar-refractivity contribution in [3.8, 4) is 0 Å². The zero-order chi connectivity index (χ0) is 23.1. The third kappa shape index (κ3) is 6.79. The number of amides is 3. The third-order valence-electron chi connectivity index (χ3n) is 5.35. The van der Waals surface area contributed by atoms with Crippen LogP contribution in [0, 0.1) is 5.92 Å². The molecule has 10 heteroatoms. The molecule has 2 aromatic rings. The van der Waals surface area contributed by atoms with Gasteiger partial charge in [-0.25, -0.2) is 4.79 Å². The van der Waals surface area contributed by atoms with Crippen LogP contribution in [-0.2, 0) is 11.3 Å². The highest BCUT2D eigenvalue weighted by Gasteiger charge is 2.41. The molecule has 0 aromatic heterocycles. The van der Waals surface area contributed by atoms with Crippen LogP contribution in [-0.4, -0.2) is 37.7 Å². The Labute approximate surface area is 184 Å². The molecule has 0 saturated carbocycles. The van der Waals surface area contributed by atoms with Crippen molar-refractivity contribution in [2.75, 3.05) is 29.9 Å². The van der Waals surface area contributed by atoms with Crippen molar-refractivity contribution in [3.63, 3.8) is 0 Å². The van der Waals surface area contributed by atoms with Crippen molar-refractivity contribution >= 4 is 29.0 Å². The minimum absolute atomic E-state index is 0.123. The molecule has 32 heavy (non-hydrogen) atoms. The molecule has 0 unspecified atom stereocenters. The Kier molecular flexibility index (Phi) is 7.45. The van der Waals surface area contributed by atoms with E-state index in [9.17, 15) is 22.8 Å². The second-order valence-corrected chi connectivity index (χ2v) is 7.67. The van der Waals surface area contributed by atoms with Gasteiger partial charge in [-0.3, -0.25) is 4.79 Å². The van der Waals surface area contributed by atoms with Gasteiger partial charge < -0.3 is 26.6 Å². The van der Waals surface area contributed by atoms with Crippen LogP contribution in [0.1, 0.15) is 18.4 Å². The lowest BCUT2D eigenvalue weighted by Gasteiger charge is -2.34. The molecule has 0 atom stereocenters. The molecule has 3 amide bonds. The van der Waals surface area contributed by atoms with Crippen molar-refractivity contribution in [2.45, 2.75) is 25.6 Å². The Morgan fingerprint density at radius 3 is 2.03 bits per heavy atom. The van der Waals surface area contributed by atoms with Crippen molar-refractivity contribution in [2.24, 2.45) is 11.7 Å². The van der Waals surface area contributed by atoms with Gasteiger partial charge in [-0.2, -0.15) is 13.2 Å². The summed E-state index contributed by atoms with van der Waals surface area (Å²) in [7, 11) is 0. The number of hydrogen-bond acceptors (Lipinski definition) is 4. The topological polar surface area (TPSA) is 99.5 Å². The van der Waals surface area contributed by atoms with Gasteiger partial charge in [0.15, 0.2) is 0 Å². The molecule has 3 rings (SSSR count). The number of nitrogens with zero attached hydrogens (tertiary/aromatic N) is 1. The summed E-state index contributed by atoms with van der Waals surface area (Å²) in [5.41, 5.74) is 8.43. The number of carbonyl (C=O) groups excluding carboxylic acids is 2. The molecule has 7 nitrogen and oxygen atoms in total. The predicted octanol–water partition coefficient (Wildman–Crippen LogP) is 3.49. The van der Waals surface area contributed by atoms with Gasteiger partial charge in [0.2, 0.25) is 5.91 Å². The monoisotopic (exact) mass is 449 g/mol. The number of alkyl halides is 3. The van der Waals surface area contributed by atoms with Crippen molar-refractivity contribution in [3.05, 3.63) is 54.1 Å². The molecule has 0 spiro atoms. The van der Waals surface area contributed by atoms with E-state index >= 15 is 0 Å². The number of primary amides is 1. The molecule has 0 aliphatic carbocycles. The first-order valence-electron chi connectivity index (χ1n) is 10.3. The van der Waals surface area contributed by atoms with Crippen LogP contribution < -0.4 is 26.6 Å². The highest BCUT2D eigenvalue weighted by atomic mass is 19.4. The van der Waals surface area contributed by atoms with E-state index in [1.165, 1.54) is 0 Å². The van der Waals surface area contributed by atoms with Crippen molar-refractivity contribution < 1.29 is 22.8 Å². The summed E-state index contributed by atoms with van der Waals surface area (Å²) in [6.07, 6.45) is -3.86. The first-order valence-corrected chi connectivity index (χ1v) is 10.3. The lowest BCUT2D eigenvalue weighted by atomic mass is 9.96. The molecule has 1 heterocycles. The summed E-state index contributed by atoms with van der Waals surface area (Å²) >= 11 is 0. The van der Waals surface area contributed by atoms with E-state index in [4.69, 9.17) is 5.73 Å². The van der Waals surface area contributed by atoms with Crippen LogP contribution in [0.25, 0.3) is 0 Å². The zero-order valence-electron chi connectivity index (χ0n) is 17.4. The molecule has 5 N–H and O–H groups in total. The number of halogens is 3. The molecule has 1 saturated heterocycles. The Morgan fingerprint density at radius 1 is 0.938 bits per heavy atom. The zero-order valence-corrected chi connectivity index (χ0v) is 17.4. The van der Waals surface area contributed by atoms with Crippen LogP contribution in [0.2, 0.25) is 0 Å². The summed E-state index contributed by atoms with van der Waals surface area (Å²) in [6, 6.07) is 14.3. The highest BCUT2D eigenvalue weighted by Crippen LogP contribution is 2.35. The summed E-state index contributed by atoms with van der Waals surface area (Å²) in [4.78, 5) is 24.2. The maximum atomic E-state index is 12.8. The number of nitrogens with one attached hydrogen (secondary N) is 3. The molecule has 172 valence electrons. The lowest BCUT2D eigenvalue weighted by Crippen LogP contribution is -2.39. The van der Waals surface area contributed by atoms with Gasteiger partial charge in [-0.15, -0.1) is 0 Å². The second kappa shape index (κ2) is 10.3. The standard InChI is InChI=1S/C22H26F3N5O2/c23-22(24,25)16-9-11-30(12-10-16)19-7-5-18(6-8-19)29-17-3-1-15(2-4-17)13-27-20(31)14-28-21(26)32/h1-8,16,29H,9-14H2,(H,27,31)(H3,26,28,32). The minimum Gasteiger partial charge on any atom is -0.372 e. The quantitative estimate of drug-likeness (QED) is 0.520. The van der Waals surface area contributed by atoms with Crippen LogP contribution in [0.3, 0.4) is 0 Å². The fourth-order valence-corrected chi connectivity index (χ4v) is 3.52. The van der Waals surface area contributed by atoms with E-state index in [-0.39, 0.29) is 25.3 Å². The number of carbonyl (C=O) groups is 2. The Balaban J connectivity index is 1.47. The van der Waals surface area contributed by atoms with Crippen molar-refractivity contribution in [1.82, 2.24) is 10.6 Å². The van der Waals surface area contributed by atoms with Gasteiger partial charge in [0.05, 0.1) is 12.5 Å². The Hall–Kier alpha value is -3.43. The third-order valence-corrected chi connectivity index (χ3v) is 5.35. The van der Waals surface area contributed by atoms with Gasteiger partial charge in [-0.05, 0) is 54.8 Å². The average Bonchev–Trinajstić information content (AvgIpc) is 2.77. The molecule has 1 aliphatic heterocycles. The fraction of sp³-hybridized carbons (Fsp3) is 0.364. The number of benzene rings is 2. The summed E-state index contributed by atoms with van der Waals surface area (Å²) in [5.74, 6) is -1.54. The second-order valence-electron chi connectivity index (χ2n) is 7.67. The number of piperidine rings is 1. The molecule has 1 fully saturated rings. The molecular formula is C22H26F3N5O2. The smallest absolute Gasteiger partial charge is 0.372 e. The first-order chi connectivity index (χ1) is 15.2. The number of urea groups is 1. The summed E-state index contributed by atoms with van der Waals surface area (Å²) in [5, 5.41) is 8.16. The SMILES string of the molecule is NC(=O)NCC(=O)NCc1ccc(Nc2ccc(N3CCC(C(F)(F)F)CC3)cc2)cc1. The van der Waals surface area contributed by atoms with Crippen LogP contribution in [0.15, 0.2) is 48.5 Å². The van der Waals surface area contributed by atoms with E-state index in [2.05, 4.69) is 16.0 Å². The number of nitrogens with two attached hydrogens (primary N) is 1. The Morgan fingerprint density at radius 2 is 1.50 bits per heavy atom. The van der Waals surface area contributed by atoms with E-state index in [1.807, 2.05) is 53.4 Å². The van der Waals surface area contributed by atoms with Gasteiger partial charge in [-0.1, -0.05) is 12.1 Å². The lowest BCUT2D eigenvalue weighted by molar-refractivity contribution is -0.179. The number of rotatable bonds is 7. The van der Waals surface area contributed by atoms with Gasteiger partial charge >= 0.3 is 12.2 Å². The normalized spacial score (nSPS) is 14.7. The van der Waals surface area contributed by atoms with E-state index in [1.54, 1.807) is 0 Å². The van der Waals surface area contributed by atoms with Gasteiger partial charge in [0.1, 0.15) is 0 Å². The van der Waals surface area contributed by atoms with Crippen LogP contribution in [0.4, 0.5) is 35.0 Å². The molecule has 0 radical (unpaired) electrons. The van der Waals surface area contributed by atoms with Gasteiger partial charge in [0.25, 0.3) is 0 Å². The van der Waals surface area contributed by atoms with Crippen LogP contribution in [0.5, 0.6) is 0 Å². The predicted molar refractivity (Wildman–Crippen MR) is 117 cm³/mol. The molecular weight excluding hydrogens is 423 g/mol. The fourth-order valence-electron chi connectivity index (χ4n) is 3.52. The van der Waals surface area contributed by atoms with Crippen LogP contribution >= 0.6 is 0 Å². The maximum Gasteiger partial charge on any atom is 0.391 e. The highest BCUT2D eigenvalue weighted by molar-refractivity contribution is 5.83. The minimum atomic E-state index is -4.11. The maximum absolute atomic E-state index is 12.8. The molecule has 1 aliphatic rings. The van der Waals surface area contributed by atoms with Gasteiger partial charge in [0, 0.05) is 36.7 Å². The van der Waals surface area contributed by atoms with E-state index < -0.39 is 18.1 Å². The molecule has 2 aromatic carbocycles. The Bertz CT molecular complexity index is 909. The molecule has 0 bridgehead atoms. The van der Waals surface area contributed by atoms with Crippen molar-refractivity contribution in [1.29, 1.82) is 0 Å². The first kappa shape index (κ1) is 23.2. The summed E-state index contributed by atoms with van der Waals surface area (Å²) in [6.45, 7) is 0.936.